The van der Waals surface area contributed by atoms with Gasteiger partial charge in [-0.1, -0.05) is 30.4 Å². The monoisotopic (exact) mass is 225 g/mol. The quantitative estimate of drug-likeness (QED) is 0.716. The van der Waals surface area contributed by atoms with Crippen molar-refractivity contribution in [2.75, 3.05) is 6.54 Å². The van der Waals surface area contributed by atoms with Crippen molar-refractivity contribution in [3.8, 4) is 0 Å². The highest BCUT2D eigenvalue weighted by Gasteiger charge is 2.09. The van der Waals surface area contributed by atoms with Crippen LogP contribution in [0.1, 0.15) is 18.2 Å². The van der Waals surface area contributed by atoms with Gasteiger partial charge in [0, 0.05) is 10.9 Å². The molecule has 2 heteroatoms. The Morgan fingerprint density at radius 1 is 1.41 bits per heavy atom. The first-order valence-corrected chi connectivity index (χ1v) is 5.50. The zero-order valence-electron chi connectivity index (χ0n) is 9.94. The standard InChI is InChI=1S/C15H15NO/c1-4-14-13(9-11(2)10-16-3)12-7-5-6-8-15(12)17-14/h4-9H,1,3,10H2,2H3/b11-9+. The van der Waals surface area contributed by atoms with Crippen molar-refractivity contribution in [1.82, 2.24) is 0 Å². The van der Waals surface area contributed by atoms with Crippen LogP contribution in [0, 0.1) is 0 Å². The maximum Gasteiger partial charge on any atom is 0.135 e. The van der Waals surface area contributed by atoms with Gasteiger partial charge in [-0.15, -0.1) is 0 Å². The van der Waals surface area contributed by atoms with Crippen molar-refractivity contribution in [3.05, 3.63) is 47.7 Å². The van der Waals surface area contributed by atoms with Crippen LogP contribution < -0.4 is 0 Å². The minimum Gasteiger partial charge on any atom is -0.456 e. The normalized spacial score (nSPS) is 11.7. The van der Waals surface area contributed by atoms with Gasteiger partial charge in [-0.05, 0) is 31.9 Å². The Bertz CT molecular complexity index is 590. The van der Waals surface area contributed by atoms with E-state index < -0.39 is 0 Å². The van der Waals surface area contributed by atoms with Gasteiger partial charge in [0.2, 0.25) is 0 Å². The third kappa shape index (κ3) is 2.21. The lowest BCUT2D eigenvalue weighted by atomic mass is 10.1. The van der Waals surface area contributed by atoms with Crippen LogP contribution in [0.4, 0.5) is 0 Å². The molecule has 0 radical (unpaired) electrons. The smallest absolute Gasteiger partial charge is 0.135 e. The minimum absolute atomic E-state index is 0.635. The summed E-state index contributed by atoms with van der Waals surface area (Å²) in [6.45, 7) is 9.95. The summed E-state index contributed by atoms with van der Waals surface area (Å²) in [5.41, 5.74) is 3.10. The summed E-state index contributed by atoms with van der Waals surface area (Å²) < 4.78 is 5.72. The average molecular weight is 225 g/mol. The molecule has 0 bridgehead atoms. The van der Waals surface area contributed by atoms with Crippen LogP contribution in [-0.4, -0.2) is 13.3 Å². The molecule has 2 rings (SSSR count). The van der Waals surface area contributed by atoms with E-state index in [1.54, 1.807) is 6.08 Å². The van der Waals surface area contributed by atoms with Gasteiger partial charge in [0.05, 0.1) is 6.54 Å². The van der Waals surface area contributed by atoms with Gasteiger partial charge in [-0.25, -0.2) is 0 Å². The maximum atomic E-state index is 5.72. The molecule has 2 nitrogen and oxygen atoms in total. The number of benzene rings is 1. The van der Waals surface area contributed by atoms with E-state index in [1.165, 1.54) is 0 Å². The molecule has 0 N–H and O–H groups in total. The van der Waals surface area contributed by atoms with Crippen molar-refractivity contribution in [3.63, 3.8) is 0 Å². The predicted octanol–water partition coefficient (Wildman–Crippen LogP) is 4.18. The molecule has 0 saturated heterocycles. The van der Waals surface area contributed by atoms with Gasteiger partial charge in [0.1, 0.15) is 11.3 Å². The van der Waals surface area contributed by atoms with E-state index in [4.69, 9.17) is 4.42 Å². The summed E-state index contributed by atoms with van der Waals surface area (Å²) in [7, 11) is 0. The molecule has 0 saturated carbocycles. The van der Waals surface area contributed by atoms with E-state index in [0.717, 1.165) is 27.9 Å². The molecule has 0 atom stereocenters. The SMILES string of the molecule is C=Cc1oc2ccccc2c1/C=C(\C)CN=C. The predicted molar refractivity (Wildman–Crippen MR) is 74.4 cm³/mol. The lowest BCUT2D eigenvalue weighted by Crippen LogP contribution is -1.82. The van der Waals surface area contributed by atoms with Gasteiger partial charge < -0.3 is 4.42 Å². The second-order valence-corrected chi connectivity index (χ2v) is 3.95. The summed E-state index contributed by atoms with van der Waals surface area (Å²) in [6, 6.07) is 7.97. The topological polar surface area (TPSA) is 25.5 Å². The molecular weight excluding hydrogens is 210 g/mol. The molecule has 1 aromatic carbocycles. The van der Waals surface area contributed by atoms with Crippen molar-refractivity contribution in [2.45, 2.75) is 6.92 Å². The van der Waals surface area contributed by atoms with E-state index in [9.17, 15) is 0 Å². The van der Waals surface area contributed by atoms with Gasteiger partial charge in [0.25, 0.3) is 0 Å². The zero-order valence-corrected chi connectivity index (χ0v) is 9.94. The van der Waals surface area contributed by atoms with Gasteiger partial charge in [0.15, 0.2) is 0 Å². The van der Waals surface area contributed by atoms with E-state index in [1.807, 2.05) is 31.2 Å². The fourth-order valence-electron chi connectivity index (χ4n) is 1.85. The lowest BCUT2D eigenvalue weighted by Gasteiger charge is -1.96. The van der Waals surface area contributed by atoms with Gasteiger partial charge in [-0.2, -0.15) is 0 Å². The first-order valence-electron chi connectivity index (χ1n) is 5.50. The van der Waals surface area contributed by atoms with Crippen molar-refractivity contribution in [1.29, 1.82) is 0 Å². The third-order valence-corrected chi connectivity index (χ3v) is 2.60. The fourth-order valence-corrected chi connectivity index (χ4v) is 1.85. The third-order valence-electron chi connectivity index (χ3n) is 2.60. The molecule has 1 heterocycles. The van der Waals surface area contributed by atoms with E-state index >= 15 is 0 Å². The first kappa shape index (κ1) is 11.4. The molecule has 0 aliphatic heterocycles. The molecule has 0 spiro atoms. The Kier molecular flexibility index (Phi) is 3.24. The summed E-state index contributed by atoms with van der Waals surface area (Å²) in [6.07, 6.45) is 3.82. The van der Waals surface area contributed by atoms with Gasteiger partial charge in [-0.3, -0.25) is 4.99 Å². The minimum atomic E-state index is 0.635. The number of fused-ring (bicyclic) bond motifs is 1. The van der Waals surface area contributed by atoms with Crippen LogP contribution >= 0.6 is 0 Å². The first-order chi connectivity index (χ1) is 8.26. The Hall–Kier alpha value is -2.09. The van der Waals surface area contributed by atoms with Crippen LogP contribution in [0.2, 0.25) is 0 Å². The van der Waals surface area contributed by atoms with E-state index in [2.05, 4.69) is 24.4 Å². The highest BCUT2D eigenvalue weighted by molar-refractivity contribution is 5.91. The second kappa shape index (κ2) is 4.83. The number of rotatable bonds is 4. The largest absolute Gasteiger partial charge is 0.456 e. The molecule has 17 heavy (non-hydrogen) atoms. The number of nitrogens with zero attached hydrogens (tertiary/aromatic N) is 1. The molecule has 0 aliphatic carbocycles. The maximum absolute atomic E-state index is 5.72. The van der Waals surface area contributed by atoms with E-state index in [0.29, 0.717) is 6.54 Å². The Morgan fingerprint density at radius 2 is 2.18 bits per heavy atom. The van der Waals surface area contributed by atoms with Crippen LogP contribution in [0.3, 0.4) is 0 Å². The summed E-state index contributed by atoms with van der Waals surface area (Å²) in [5, 5.41) is 1.10. The molecule has 2 aromatic rings. The van der Waals surface area contributed by atoms with Crippen LogP contribution in [0.25, 0.3) is 23.1 Å². The number of hydrogen-bond acceptors (Lipinski definition) is 2. The van der Waals surface area contributed by atoms with Crippen molar-refractivity contribution in [2.24, 2.45) is 4.99 Å². The molecule has 0 fully saturated rings. The van der Waals surface area contributed by atoms with Crippen molar-refractivity contribution >= 4 is 29.8 Å². The van der Waals surface area contributed by atoms with Crippen LogP contribution in [0.5, 0.6) is 0 Å². The molecular formula is C15H15NO. The average Bonchev–Trinajstić information content (AvgIpc) is 2.68. The number of furan rings is 1. The number of hydrogen-bond donors (Lipinski definition) is 0. The highest BCUT2D eigenvalue weighted by atomic mass is 16.3. The second-order valence-electron chi connectivity index (χ2n) is 3.95. The Labute approximate surface area is 101 Å². The molecule has 0 amide bonds. The van der Waals surface area contributed by atoms with Crippen molar-refractivity contribution < 1.29 is 4.42 Å². The number of para-hydroxylation sites is 1. The molecule has 0 aliphatic rings. The summed E-state index contributed by atoms with van der Waals surface area (Å²) >= 11 is 0. The Morgan fingerprint density at radius 3 is 2.88 bits per heavy atom. The lowest BCUT2D eigenvalue weighted by molar-refractivity contribution is 0.603. The van der Waals surface area contributed by atoms with Gasteiger partial charge >= 0.3 is 0 Å². The van der Waals surface area contributed by atoms with Crippen LogP contribution in [-0.2, 0) is 0 Å². The fraction of sp³-hybridized carbons (Fsp3) is 0.133. The Balaban J connectivity index is 2.61. The molecule has 86 valence electrons. The summed E-state index contributed by atoms with van der Waals surface area (Å²) in [4.78, 5) is 3.88. The number of aliphatic imine (C=N–C) groups is 1. The highest BCUT2D eigenvalue weighted by Crippen LogP contribution is 2.28. The van der Waals surface area contributed by atoms with Crippen LogP contribution in [0.15, 0.2) is 45.8 Å². The molecule has 1 aromatic heterocycles. The molecule has 0 unspecified atom stereocenters. The van der Waals surface area contributed by atoms with E-state index in [-0.39, 0.29) is 0 Å². The summed E-state index contributed by atoms with van der Waals surface area (Å²) in [5.74, 6) is 0.801. The zero-order chi connectivity index (χ0) is 12.3.